The minimum atomic E-state index is -3.86. The Morgan fingerprint density at radius 3 is 2.45 bits per heavy atom. The van der Waals surface area contributed by atoms with Gasteiger partial charge in [-0.1, -0.05) is 11.6 Å². The molecule has 5 N–H and O–H groups in total. The largest absolute Gasteiger partial charge is 0.398 e. The molecule has 0 unspecified atom stereocenters. The first-order valence-electron chi connectivity index (χ1n) is 5.82. The second kappa shape index (κ2) is 5.59. The summed E-state index contributed by atoms with van der Waals surface area (Å²) < 4.78 is 27.2. The Kier molecular flexibility index (Phi) is 4.68. The van der Waals surface area contributed by atoms with E-state index in [9.17, 15) is 13.2 Å². The topological polar surface area (TPSA) is 115 Å². The Labute approximate surface area is 123 Å². The number of nitrogen functional groups attached to an aromatic ring is 1. The van der Waals surface area contributed by atoms with Crippen molar-refractivity contribution in [2.75, 3.05) is 5.73 Å². The predicted molar refractivity (Wildman–Crippen MR) is 78.8 cm³/mol. The van der Waals surface area contributed by atoms with Crippen LogP contribution in [-0.4, -0.2) is 19.9 Å². The van der Waals surface area contributed by atoms with E-state index < -0.39 is 21.5 Å². The molecule has 0 spiro atoms. The van der Waals surface area contributed by atoms with Gasteiger partial charge in [0.2, 0.25) is 15.9 Å². The number of hydrogen-bond acceptors (Lipinski definition) is 4. The Hall–Kier alpha value is -1.31. The van der Waals surface area contributed by atoms with Gasteiger partial charge in [0.05, 0.1) is 4.90 Å². The number of carbonyl (C=O) groups excluding carboxylic acids is 1. The van der Waals surface area contributed by atoms with Gasteiger partial charge in [-0.05, 0) is 38.5 Å². The van der Waals surface area contributed by atoms with E-state index in [0.29, 0.717) is 5.56 Å². The molecule has 0 aliphatic heterocycles. The number of nitrogens with one attached hydrogen (secondary N) is 1. The Bertz CT molecular complexity index is 642. The summed E-state index contributed by atoms with van der Waals surface area (Å²) in [4.78, 5) is 10.9. The highest BCUT2D eigenvalue weighted by molar-refractivity contribution is 7.89. The number of halogens is 1. The number of primary amides is 1. The summed E-state index contributed by atoms with van der Waals surface area (Å²) in [5.74, 6) is -0.597. The van der Waals surface area contributed by atoms with Gasteiger partial charge >= 0.3 is 0 Å². The summed E-state index contributed by atoms with van der Waals surface area (Å²) in [7, 11) is -3.86. The standard InChI is InChI=1S/C12H18ClN3O3S/c1-7-9(14)4-8(13)5-10(7)20(18,19)16-12(2,3)6-11(15)17/h4-5,16H,6,14H2,1-3H3,(H2,15,17). The van der Waals surface area contributed by atoms with Gasteiger partial charge in [0.15, 0.2) is 0 Å². The summed E-state index contributed by atoms with van der Waals surface area (Å²) >= 11 is 5.84. The van der Waals surface area contributed by atoms with E-state index in [1.54, 1.807) is 20.8 Å². The molecule has 112 valence electrons. The van der Waals surface area contributed by atoms with Crippen LogP contribution in [0.4, 0.5) is 5.69 Å². The van der Waals surface area contributed by atoms with Crippen molar-refractivity contribution in [3.63, 3.8) is 0 Å². The van der Waals surface area contributed by atoms with Crippen LogP contribution in [0.5, 0.6) is 0 Å². The molecule has 0 saturated carbocycles. The van der Waals surface area contributed by atoms with Crippen molar-refractivity contribution in [2.24, 2.45) is 5.73 Å². The smallest absolute Gasteiger partial charge is 0.241 e. The van der Waals surface area contributed by atoms with E-state index in [0.717, 1.165) is 0 Å². The van der Waals surface area contributed by atoms with Crippen molar-refractivity contribution in [3.05, 3.63) is 22.7 Å². The SMILES string of the molecule is Cc1c(N)cc(Cl)cc1S(=O)(=O)NC(C)(C)CC(N)=O. The van der Waals surface area contributed by atoms with Crippen molar-refractivity contribution >= 4 is 33.2 Å². The highest BCUT2D eigenvalue weighted by Gasteiger charge is 2.29. The van der Waals surface area contributed by atoms with Crippen LogP contribution < -0.4 is 16.2 Å². The number of hydrogen-bond donors (Lipinski definition) is 3. The van der Waals surface area contributed by atoms with Gasteiger partial charge in [-0.15, -0.1) is 0 Å². The summed E-state index contributed by atoms with van der Waals surface area (Å²) in [5.41, 5.74) is 10.5. The summed E-state index contributed by atoms with van der Waals surface area (Å²) in [6.45, 7) is 4.72. The maximum Gasteiger partial charge on any atom is 0.241 e. The molecule has 0 heterocycles. The van der Waals surface area contributed by atoms with Gasteiger partial charge in [-0.25, -0.2) is 13.1 Å². The number of rotatable bonds is 5. The van der Waals surface area contributed by atoms with E-state index >= 15 is 0 Å². The minimum Gasteiger partial charge on any atom is -0.398 e. The van der Waals surface area contributed by atoms with E-state index in [-0.39, 0.29) is 22.0 Å². The third-order valence-corrected chi connectivity index (χ3v) is 4.72. The average molecular weight is 320 g/mol. The van der Waals surface area contributed by atoms with Crippen LogP contribution in [-0.2, 0) is 14.8 Å². The van der Waals surface area contributed by atoms with E-state index in [4.69, 9.17) is 23.1 Å². The van der Waals surface area contributed by atoms with Crippen LogP contribution in [0.15, 0.2) is 17.0 Å². The molecule has 1 aromatic carbocycles. The molecular formula is C12H18ClN3O3S. The number of anilines is 1. The molecule has 0 radical (unpaired) electrons. The number of amides is 1. The van der Waals surface area contributed by atoms with Crippen molar-refractivity contribution in [3.8, 4) is 0 Å². The molecule has 6 nitrogen and oxygen atoms in total. The Morgan fingerprint density at radius 1 is 1.40 bits per heavy atom. The van der Waals surface area contributed by atoms with Crippen LogP contribution >= 0.6 is 11.6 Å². The van der Waals surface area contributed by atoms with Gasteiger partial charge < -0.3 is 11.5 Å². The fourth-order valence-corrected chi connectivity index (χ4v) is 3.85. The minimum absolute atomic E-state index is 0.0138. The highest BCUT2D eigenvalue weighted by Crippen LogP contribution is 2.27. The zero-order valence-electron chi connectivity index (χ0n) is 11.5. The van der Waals surface area contributed by atoms with Gasteiger partial charge in [0.25, 0.3) is 0 Å². The molecule has 0 aromatic heterocycles. The van der Waals surface area contributed by atoms with Crippen LogP contribution in [0.3, 0.4) is 0 Å². The summed E-state index contributed by atoms with van der Waals surface area (Å²) in [6, 6.07) is 2.79. The molecule has 1 rings (SSSR count). The first-order valence-corrected chi connectivity index (χ1v) is 7.68. The molecule has 0 aliphatic rings. The second-order valence-electron chi connectivity index (χ2n) is 5.25. The first-order chi connectivity index (χ1) is 8.94. The van der Waals surface area contributed by atoms with Crippen molar-refractivity contribution in [1.29, 1.82) is 0 Å². The summed E-state index contributed by atoms with van der Waals surface area (Å²) in [5, 5.41) is 0.223. The monoisotopic (exact) mass is 319 g/mol. The van der Waals surface area contributed by atoms with Gasteiger partial charge in [0, 0.05) is 22.7 Å². The first kappa shape index (κ1) is 16.7. The van der Waals surface area contributed by atoms with Crippen molar-refractivity contribution in [2.45, 2.75) is 37.6 Å². The third kappa shape index (κ3) is 4.09. The van der Waals surface area contributed by atoms with Crippen molar-refractivity contribution < 1.29 is 13.2 Å². The fraction of sp³-hybridized carbons (Fsp3) is 0.417. The number of carbonyl (C=O) groups is 1. The molecule has 0 aliphatic carbocycles. The highest BCUT2D eigenvalue weighted by atomic mass is 35.5. The Balaban J connectivity index is 3.22. The molecule has 1 aromatic rings. The average Bonchev–Trinajstić information content (AvgIpc) is 2.19. The van der Waals surface area contributed by atoms with Crippen LogP contribution in [0, 0.1) is 6.92 Å². The van der Waals surface area contributed by atoms with Crippen LogP contribution in [0.1, 0.15) is 25.8 Å². The number of sulfonamides is 1. The predicted octanol–water partition coefficient (Wildman–Crippen LogP) is 1.16. The van der Waals surface area contributed by atoms with Gasteiger partial charge in [-0.3, -0.25) is 4.79 Å². The van der Waals surface area contributed by atoms with Crippen LogP contribution in [0.25, 0.3) is 0 Å². The zero-order chi connectivity index (χ0) is 15.7. The quantitative estimate of drug-likeness (QED) is 0.706. The number of nitrogens with two attached hydrogens (primary N) is 2. The molecule has 0 saturated heterocycles. The third-order valence-electron chi connectivity index (χ3n) is 2.68. The van der Waals surface area contributed by atoms with E-state index in [2.05, 4.69) is 4.72 Å². The summed E-state index contributed by atoms with van der Waals surface area (Å²) in [6.07, 6.45) is -0.124. The molecule has 0 bridgehead atoms. The lowest BCUT2D eigenvalue weighted by Gasteiger charge is -2.25. The van der Waals surface area contributed by atoms with Gasteiger partial charge in [-0.2, -0.15) is 0 Å². The van der Waals surface area contributed by atoms with Crippen LogP contribution in [0.2, 0.25) is 5.02 Å². The molecule has 1 amide bonds. The molecule has 20 heavy (non-hydrogen) atoms. The normalized spacial score (nSPS) is 12.4. The molecule has 0 atom stereocenters. The lowest BCUT2D eigenvalue weighted by atomic mass is 10.0. The van der Waals surface area contributed by atoms with Crippen molar-refractivity contribution in [1.82, 2.24) is 4.72 Å². The van der Waals surface area contributed by atoms with E-state index in [1.165, 1.54) is 12.1 Å². The lowest BCUT2D eigenvalue weighted by molar-refractivity contribution is -0.119. The zero-order valence-corrected chi connectivity index (χ0v) is 13.1. The second-order valence-corrected chi connectivity index (χ2v) is 7.34. The fourth-order valence-electron chi connectivity index (χ4n) is 1.84. The van der Waals surface area contributed by atoms with E-state index in [1.807, 2.05) is 0 Å². The lowest BCUT2D eigenvalue weighted by Crippen LogP contribution is -2.46. The molecular weight excluding hydrogens is 302 g/mol. The van der Waals surface area contributed by atoms with Gasteiger partial charge in [0.1, 0.15) is 0 Å². The number of benzene rings is 1. The maximum absolute atomic E-state index is 12.4. The molecule has 0 fully saturated rings. The Morgan fingerprint density at radius 2 is 1.95 bits per heavy atom. The molecule has 8 heteroatoms. The maximum atomic E-state index is 12.4.